The van der Waals surface area contributed by atoms with Gasteiger partial charge in [0.1, 0.15) is 0 Å². The van der Waals surface area contributed by atoms with E-state index in [-0.39, 0.29) is 11.9 Å². The fourth-order valence-electron chi connectivity index (χ4n) is 4.14. The first-order valence-electron chi connectivity index (χ1n) is 10.3. The minimum Gasteiger partial charge on any atom is -0.344 e. The third kappa shape index (κ3) is 3.93. The molecule has 1 fully saturated rings. The average Bonchev–Trinajstić information content (AvgIpc) is 3.03. The molecule has 0 radical (unpaired) electrons. The Morgan fingerprint density at radius 1 is 1.22 bits per heavy atom. The van der Waals surface area contributed by atoms with Crippen molar-refractivity contribution in [2.75, 3.05) is 13.1 Å². The van der Waals surface area contributed by atoms with E-state index in [0.29, 0.717) is 0 Å². The van der Waals surface area contributed by atoms with Crippen LogP contribution >= 0.6 is 0 Å². The molecule has 1 saturated carbocycles. The van der Waals surface area contributed by atoms with Crippen LogP contribution in [0.25, 0.3) is 0 Å². The number of rotatable bonds is 5. The highest BCUT2D eigenvalue weighted by Crippen LogP contribution is 2.27. The standard InChI is InChI=1S/C22H30N4O/c1-3-26-14-11-21(24-26)16(2)23-22(27)19-8-7-17-9-12-25(20-5-4-6-20)13-10-18(17)15-19/h7-8,11,14-16,20H,3-6,9-10,12-13H2,1-2H3,(H,23,27). The van der Waals surface area contributed by atoms with E-state index in [2.05, 4.69) is 34.4 Å². The quantitative estimate of drug-likeness (QED) is 0.883. The molecule has 1 aliphatic heterocycles. The lowest BCUT2D eigenvalue weighted by atomic mass is 9.91. The normalized spacial score (nSPS) is 19.0. The van der Waals surface area contributed by atoms with Crippen LogP contribution in [0.1, 0.15) is 66.3 Å². The molecule has 1 N–H and O–H groups in total. The van der Waals surface area contributed by atoms with Crippen molar-refractivity contribution in [3.05, 3.63) is 52.8 Å². The van der Waals surface area contributed by atoms with Gasteiger partial charge in [0.15, 0.2) is 0 Å². The van der Waals surface area contributed by atoms with E-state index in [1.807, 2.05) is 29.9 Å². The first-order valence-corrected chi connectivity index (χ1v) is 10.3. The summed E-state index contributed by atoms with van der Waals surface area (Å²) in [4.78, 5) is 15.4. The number of nitrogens with zero attached hydrogens (tertiary/aromatic N) is 3. The number of hydrogen-bond acceptors (Lipinski definition) is 3. The van der Waals surface area contributed by atoms with Gasteiger partial charge in [-0.3, -0.25) is 14.4 Å². The molecule has 5 nitrogen and oxygen atoms in total. The Hall–Kier alpha value is -2.14. The number of aromatic nitrogens is 2. The van der Waals surface area contributed by atoms with Gasteiger partial charge in [-0.2, -0.15) is 5.10 Å². The van der Waals surface area contributed by atoms with Crippen LogP contribution in [-0.4, -0.2) is 39.7 Å². The van der Waals surface area contributed by atoms with Crippen molar-refractivity contribution in [2.24, 2.45) is 0 Å². The smallest absolute Gasteiger partial charge is 0.251 e. The number of nitrogens with one attached hydrogen (secondary N) is 1. The average molecular weight is 367 g/mol. The van der Waals surface area contributed by atoms with E-state index in [0.717, 1.165) is 49.8 Å². The van der Waals surface area contributed by atoms with E-state index in [4.69, 9.17) is 0 Å². The van der Waals surface area contributed by atoms with Crippen molar-refractivity contribution < 1.29 is 4.79 Å². The minimum absolute atomic E-state index is 0.0172. The summed E-state index contributed by atoms with van der Waals surface area (Å²) in [6.07, 6.45) is 8.19. The molecule has 2 aliphatic rings. The van der Waals surface area contributed by atoms with E-state index in [9.17, 15) is 4.79 Å². The van der Waals surface area contributed by atoms with Crippen molar-refractivity contribution in [1.29, 1.82) is 0 Å². The molecule has 1 aliphatic carbocycles. The Morgan fingerprint density at radius 3 is 2.67 bits per heavy atom. The topological polar surface area (TPSA) is 50.2 Å². The van der Waals surface area contributed by atoms with Gasteiger partial charge < -0.3 is 5.32 Å². The monoisotopic (exact) mass is 366 g/mol. The second-order valence-electron chi connectivity index (χ2n) is 7.90. The maximum absolute atomic E-state index is 12.7. The second kappa shape index (κ2) is 7.85. The zero-order chi connectivity index (χ0) is 18.8. The minimum atomic E-state index is -0.0989. The molecule has 4 rings (SSSR count). The van der Waals surface area contributed by atoms with Crippen molar-refractivity contribution in [2.45, 2.75) is 64.6 Å². The van der Waals surface area contributed by atoms with Gasteiger partial charge in [0, 0.05) is 37.4 Å². The van der Waals surface area contributed by atoms with Crippen LogP contribution in [0.15, 0.2) is 30.5 Å². The van der Waals surface area contributed by atoms with Crippen LogP contribution in [0.3, 0.4) is 0 Å². The number of carbonyl (C=O) groups is 1. The van der Waals surface area contributed by atoms with Crippen LogP contribution in [0.4, 0.5) is 0 Å². The molecular formula is C22H30N4O. The number of amides is 1. The summed E-state index contributed by atoms with van der Waals surface area (Å²) < 4.78 is 1.88. The first kappa shape index (κ1) is 18.2. The van der Waals surface area contributed by atoms with Gasteiger partial charge >= 0.3 is 0 Å². The second-order valence-corrected chi connectivity index (χ2v) is 7.90. The molecule has 27 heavy (non-hydrogen) atoms. The third-order valence-corrected chi connectivity index (χ3v) is 6.17. The van der Waals surface area contributed by atoms with Gasteiger partial charge in [0.05, 0.1) is 11.7 Å². The zero-order valence-corrected chi connectivity index (χ0v) is 16.4. The summed E-state index contributed by atoms with van der Waals surface area (Å²) in [7, 11) is 0. The highest BCUT2D eigenvalue weighted by molar-refractivity contribution is 5.94. The first-order chi connectivity index (χ1) is 13.1. The Morgan fingerprint density at radius 2 is 2.00 bits per heavy atom. The summed E-state index contributed by atoms with van der Waals surface area (Å²) in [6.45, 7) is 7.15. The predicted octanol–water partition coefficient (Wildman–Crippen LogP) is 3.35. The molecular weight excluding hydrogens is 336 g/mol. The number of benzene rings is 1. The van der Waals surface area contributed by atoms with Crippen molar-refractivity contribution in [3.8, 4) is 0 Å². The van der Waals surface area contributed by atoms with E-state index >= 15 is 0 Å². The Balaban J connectivity index is 1.42. The lowest BCUT2D eigenvalue weighted by Crippen LogP contribution is -2.41. The molecule has 0 saturated heterocycles. The predicted molar refractivity (Wildman–Crippen MR) is 107 cm³/mol. The van der Waals surface area contributed by atoms with Crippen LogP contribution in [-0.2, 0) is 19.4 Å². The molecule has 1 amide bonds. The van der Waals surface area contributed by atoms with Crippen LogP contribution in [0, 0.1) is 0 Å². The molecule has 1 aromatic carbocycles. The molecule has 1 aromatic heterocycles. The molecule has 2 heterocycles. The van der Waals surface area contributed by atoms with Gasteiger partial charge in [-0.25, -0.2) is 0 Å². The molecule has 2 aromatic rings. The summed E-state index contributed by atoms with van der Waals surface area (Å²) >= 11 is 0. The van der Waals surface area contributed by atoms with Gasteiger partial charge in [-0.1, -0.05) is 12.5 Å². The van der Waals surface area contributed by atoms with Crippen molar-refractivity contribution in [1.82, 2.24) is 20.0 Å². The van der Waals surface area contributed by atoms with Gasteiger partial charge in [0.25, 0.3) is 5.91 Å². The summed E-state index contributed by atoms with van der Waals surface area (Å²) in [5, 5.41) is 7.59. The highest BCUT2D eigenvalue weighted by Gasteiger charge is 2.26. The van der Waals surface area contributed by atoms with Gasteiger partial charge in [0.2, 0.25) is 0 Å². The van der Waals surface area contributed by atoms with E-state index < -0.39 is 0 Å². The van der Waals surface area contributed by atoms with Gasteiger partial charge in [-0.15, -0.1) is 0 Å². The molecule has 0 bridgehead atoms. The molecule has 1 atom stereocenters. The molecule has 144 valence electrons. The third-order valence-electron chi connectivity index (χ3n) is 6.17. The van der Waals surface area contributed by atoms with Crippen molar-refractivity contribution >= 4 is 5.91 Å². The Bertz CT molecular complexity index is 808. The maximum Gasteiger partial charge on any atom is 0.251 e. The number of hydrogen-bond donors (Lipinski definition) is 1. The molecule has 0 spiro atoms. The summed E-state index contributed by atoms with van der Waals surface area (Å²) in [5.41, 5.74) is 4.40. The SMILES string of the molecule is CCn1ccc(C(C)NC(=O)c2ccc3c(c2)CCN(C2CCC2)CC3)n1. The Labute approximate surface area is 161 Å². The summed E-state index contributed by atoms with van der Waals surface area (Å²) in [6, 6.07) is 8.91. The number of fused-ring (bicyclic) bond motifs is 1. The van der Waals surface area contributed by atoms with E-state index in [1.54, 1.807) is 0 Å². The number of carbonyl (C=O) groups excluding carboxylic acids is 1. The number of aryl methyl sites for hydroxylation is 1. The highest BCUT2D eigenvalue weighted by atomic mass is 16.1. The lowest BCUT2D eigenvalue weighted by Gasteiger charge is -2.36. The fraction of sp³-hybridized carbons (Fsp3) is 0.545. The largest absolute Gasteiger partial charge is 0.344 e. The fourth-order valence-corrected chi connectivity index (χ4v) is 4.14. The molecule has 5 heteroatoms. The van der Waals surface area contributed by atoms with Crippen molar-refractivity contribution in [3.63, 3.8) is 0 Å². The molecule has 1 unspecified atom stereocenters. The van der Waals surface area contributed by atoms with Crippen LogP contribution in [0.2, 0.25) is 0 Å². The zero-order valence-electron chi connectivity index (χ0n) is 16.4. The maximum atomic E-state index is 12.7. The van der Waals surface area contributed by atoms with Crippen LogP contribution < -0.4 is 5.32 Å². The lowest BCUT2D eigenvalue weighted by molar-refractivity contribution is 0.0939. The van der Waals surface area contributed by atoms with E-state index in [1.165, 1.54) is 30.4 Å². The van der Waals surface area contributed by atoms with Gasteiger partial charge in [-0.05, 0) is 68.9 Å². The Kier molecular flexibility index (Phi) is 5.30. The van der Waals surface area contributed by atoms with Crippen LogP contribution in [0.5, 0.6) is 0 Å². The summed E-state index contributed by atoms with van der Waals surface area (Å²) in [5.74, 6) is -0.0172.